The Bertz CT molecular complexity index is 1260. The van der Waals surface area contributed by atoms with Gasteiger partial charge in [0.15, 0.2) is 23.0 Å². The molecule has 1 saturated heterocycles. The molecule has 0 aliphatic carbocycles. The Balaban J connectivity index is 1.93. The van der Waals surface area contributed by atoms with Crippen molar-refractivity contribution in [3.05, 3.63) is 35.4 Å². The van der Waals surface area contributed by atoms with Gasteiger partial charge in [-0.3, -0.25) is 9.59 Å². The van der Waals surface area contributed by atoms with E-state index in [2.05, 4.69) is 5.32 Å². The second-order valence-corrected chi connectivity index (χ2v) is 9.99. The van der Waals surface area contributed by atoms with Crippen molar-refractivity contribution < 1.29 is 47.5 Å². The van der Waals surface area contributed by atoms with Crippen LogP contribution < -0.4 is 33.7 Å². The maximum Gasteiger partial charge on any atom is 0.407 e. The number of hydrogen-bond donors (Lipinski definition) is 1. The number of amides is 3. The molecule has 3 rings (SSSR count). The van der Waals surface area contributed by atoms with Gasteiger partial charge in [-0.15, -0.1) is 0 Å². The number of nitrogens with one attached hydrogen (secondary N) is 1. The number of benzene rings is 2. The van der Waals surface area contributed by atoms with Crippen molar-refractivity contribution in [2.24, 2.45) is 0 Å². The molecule has 44 heavy (non-hydrogen) atoms. The van der Waals surface area contributed by atoms with Crippen molar-refractivity contribution in [2.45, 2.75) is 38.8 Å². The Hall–Kier alpha value is -4.55. The van der Waals surface area contributed by atoms with Crippen LogP contribution in [0, 0.1) is 0 Å². The van der Waals surface area contributed by atoms with Gasteiger partial charge in [-0.2, -0.15) is 0 Å². The van der Waals surface area contributed by atoms with Crippen LogP contribution >= 0.6 is 0 Å². The fourth-order valence-corrected chi connectivity index (χ4v) is 5.08. The number of methoxy groups -OCH3 is 6. The lowest BCUT2D eigenvalue weighted by atomic mass is 10.1. The van der Waals surface area contributed by atoms with Crippen LogP contribution in [0.4, 0.5) is 4.79 Å². The predicted molar refractivity (Wildman–Crippen MR) is 162 cm³/mol. The molecule has 13 heteroatoms. The van der Waals surface area contributed by atoms with E-state index in [0.717, 1.165) is 12.8 Å². The van der Waals surface area contributed by atoms with E-state index in [1.807, 2.05) is 13.8 Å². The zero-order chi connectivity index (χ0) is 32.4. The minimum absolute atomic E-state index is 0.0380. The fourth-order valence-electron chi connectivity index (χ4n) is 5.08. The molecule has 13 nitrogen and oxygen atoms in total. The molecule has 1 fully saturated rings. The smallest absolute Gasteiger partial charge is 0.407 e. The number of carbonyl (C=O) groups is 3. The normalized spacial score (nSPS) is 14.5. The number of carbonyl (C=O) groups excluding carboxylic acids is 3. The van der Waals surface area contributed by atoms with Crippen LogP contribution in [0.1, 0.15) is 47.4 Å². The third kappa shape index (κ3) is 7.50. The molecule has 1 unspecified atom stereocenters. The molecule has 0 saturated carbocycles. The second kappa shape index (κ2) is 15.8. The zero-order valence-electron chi connectivity index (χ0n) is 26.7. The molecule has 2 aromatic carbocycles. The van der Waals surface area contributed by atoms with Crippen molar-refractivity contribution in [3.63, 3.8) is 0 Å². The second-order valence-electron chi connectivity index (χ2n) is 9.99. The molecular weight excluding hydrogens is 574 g/mol. The van der Waals surface area contributed by atoms with Gasteiger partial charge in [-0.1, -0.05) is 13.8 Å². The van der Waals surface area contributed by atoms with Crippen molar-refractivity contribution in [1.29, 1.82) is 0 Å². The first-order chi connectivity index (χ1) is 21.2. The molecular formula is C31H43N3O10. The van der Waals surface area contributed by atoms with Crippen molar-refractivity contribution in [1.82, 2.24) is 15.1 Å². The van der Waals surface area contributed by atoms with Gasteiger partial charge in [0.1, 0.15) is 6.61 Å². The monoisotopic (exact) mass is 617 g/mol. The SMILES string of the molecule is CCC(CC)NC(=O)OCC1CN(C(=O)c2cc(OC)c(OC)c(OC)c2)CCN1C(=O)c1cc(OC)c(OC)c(OC)c1. The van der Waals surface area contributed by atoms with E-state index in [1.165, 1.54) is 42.7 Å². The van der Waals surface area contributed by atoms with Crippen LogP contribution in [0.3, 0.4) is 0 Å². The average Bonchev–Trinajstić information content (AvgIpc) is 3.07. The largest absolute Gasteiger partial charge is 0.493 e. The maximum absolute atomic E-state index is 13.9. The van der Waals surface area contributed by atoms with Gasteiger partial charge in [-0.05, 0) is 37.1 Å². The topological polar surface area (TPSA) is 134 Å². The quantitative estimate of drug-likeness (QED) is 0.355. The van der Waals surface area contributed by atoms with Crippen molar-refractivity contribution in [2.75, 3.05) is 68.9 Å². The van der Waals surface area contributed by atoms with E-state index in [4.69, 9.17) is 33.2 Å². The van der Waals surface area contributed by atoms with Crippen LogP contribution in [-0.2, 0) is 4.74 Å². The first-order valence-corrected chi connectivity index (χ1v) is 14.3. The van der Waals surface area contributed by atoms with E-state index in [9.17, 15) is 14.4 Å². The van der Waals surface area contributed by atoms with Crippen LogP contribution in [0.15, 0.2) is 24.3 Å². The number of rotatable bonds is 13. The average molecular weight is 618 g/mol. The van der Waals surface area contributed by atoms with Crippen LogP contribution in [0.5, 0.6) is 34.5 Å². The number of nitrogens with zero attached hydrogens (tertiary/aromatic N) is 2. The number of alkyl carbamates (subject to hydrolysis) is 1. The van der Waals surface area contributed by atoms with Gasteiger partial charge >= 0.3 is 6.09 Å². The predicted octanol–water partition coefficient (Wildman–Crippen LogP) is 3.62. The van der Waals surface area contributed by atoms with Crippen molar-refractivity contribution >= 4 is 17.9 Å². The highest BCUT2D eigenvalue weighted by Crippen LogP contribution is 2.40. The lowest BCUT2D eigenvalue weighted by molar-refractivity contribution is 0.0225. The van der Waals surface area contributed by atoms with Gasteiger partial charge in [0.25, 0.3) is 11.8 Å². The third-order valence-corrected chi connectivity index (χ3v) is 7.57. The highest BCUT2D eigenvalue weighted by Gasteiger charge is 2.35. The van der Waals surface area contributed by atoms with Crippen LogP contribution in [0.25, 0.3) is 0 Å². The molecule has 3 amide bonds. The summed E-state index contributed by atoms with van der Waals surface area (Å²) in [5, 5.41) is 2.84. The fraction of sp³-hybridized carbons (Fsp3) is 0.516. The van der Waals surface area contributed by atoms with Crippen LogP contribution in [0.2, 0.25) is 0 Å². The minimum Gasteiger partial charge on any atom is -0.493 e. The zero-order valence-corrected chi connectivity index (χ0v) is 26.7. The maximum atomic E-state index is 13.9. The Kier molecular flexibility index (Phi) is 12.2. The summed E-state index contributed by atoms with van der Waals surface area (Å²) in [4.78, 5) is 43.5. The molecule has 2 aromatic rings. The highest BCUT2D eigenvalue weighted by molar-refractivity contribution is 5.97. The van der Waals surface area contributed by atoms with E-state index < -0.39 is 12.1 Å². The first-order valence-electron chi connectivity index (χ1n) is 14.3. The number of piperazine rings is 1. The molecule has 0 radical (unpaired) electrons. The molecule has 1 N–H and O–H groups in total. The standard InChI is InChI=1S/C31H43N3O10/c1-9-21(10-2)32-31(37)44-18-22-17-33(29(35)19-13-23(38-3)27(42-7)24(14-19)39-4)11-12-34(22)30(36)20-15-25(40-5)28(43-8)26(16-20)41-6/h13-16,21-22H,9-12,17-18H2,1-8H3,(H,32,37). The minimum atomic E-state index is -0.659. The molecule has 1 heterocycles. The summed E-state index contributed by atoms with van der Waals surface area (Å²) < 4.78 is 38.1. The van der Waals surface area contributed by atoms with Crippen molar-refractivity contribution in [3.8, 4) is 34.5 Å². The molecule has 0 bridgehead atoms. The summed E-state index contributed by atoms with van der Waals surface area (Å²) in [5.74, 6) is 1.38. The number of ether oxygens (including phenoxy) is 7. The Morgan fingerprint density at radius 3 is 1.59 bits per heavy atom. The van der Waals surface area contributed by atoms with Gasteiger partial charge in [0, 0.05) is 36.8 Å². The van der Waals surface area contributed by atoms with E-state index in [0.29, 0.717) is 40.1 Å². The highest BCUT2D eigenvalue weighted by atomic mass is 16.6. The summed E-state index contributed by atoms with van der Waals surface area (Å²) in [6, 6.07) is 5.58. The van der Waals surface area contributed by atoms with E-state index in [-0.39, 0.29) is 49.7 Å². The van der Waals surface area contributed by atoms with Gasteiger partial charge in [0.2, 0.25) is 11.5 Å². The van der Waals surface area contributed by atoms with Crippen LogP contribution in [-0.4, -0.2) is 109 Å². The lowest BCUT2D eigenvalue weighted by Gasteiger charge is -2.41. The van der Waals surface area contributed by atoms with Gasteiger partial charge in [-0.25, -0.2) is 4.79 Å². The summed E-state index contributed by atoms with van der Waals surface area (Å²) >= 11 is 0. The lowest BCUT2D eigenvalue weighted by Crippen LogP contribution is -2.58. The number of hydrogen-bond acceptors (Lipinski definition) is 10. The third-order valence-electron chi connectivity index (χ3n) is 7.57. The molecule has 0 aromatic heterocycles. The van der Waals surface area contributed by atoms with Gasteiger partial charge in [0.05, 0.1) is 48.7 Å². The van der Waals surface area contributed by atoms with E-state index >= 15 is 0 Å². The molecule has 1 atom stereocenters. The Labute approximate surface area is 258 Å². The molecule has 1 aliphatic rings. The molecule has 1 aliphatic heterocycles. The summed E-state index contributed by atoms with van der Waals surface area (Å²) in [6.45, 7) is 4.31. The summed E-state index contributed by atoms with van der Waals surface area (Å²) in [7, 11) is 8.84. The van der Waals surface area contributed by atoms with Gasteiger partial charge < -0.3 is 48.3 Å². The van der Waals surface area contributed by atoms with E-state index in [1.54, 1.807) is 34.1 Å². The first kappa shape index (κ1) is 33.9. The Morgan fingerprint density at radius 1 is 0.727 bits per heavy atom. The molecule has 0 spiro atoms. The molecule has 242 valence electrons. The summed E-state index contributed by atoms with van der Waals surface area (Å²) in [5.41, 5.74) is 0.602. The Morgan fingerprint density at radius 2 is 1.18 bits per heavy atom. The summed E-state index contributed by atoms with van der Waals surface area (Å²) in [6.07, 6.45) is 0.905.